The van der Waals surface area contributed by atoms with E-state index in [-0.39, 0.29) is 0 Å². The van der Waals surface area contributed by atoms with Crippen LogP contribution in [-0.4, -0.2) is 23.8 Å². The maximum atomic E-state index is 5.14. The molecule has 0 unspecified atom stereocenters. The van der Waals surface area contributed by atoms with E-state index in [1.807, 2.05) is 18.2 Å². The normalized spacial score (nSPS) is 12.1. The van der Waals surface area contributed by atoms with Crippen molar-refractivity contribution in [2.24, 2.45) is 0 Å². The van der Waals surface area contributed by atoms with E-state index in [4.69, 9.17) is 15.0 Å². The van der Waals surface area contributed by atoms with Gasteiger partial charge < -0.3 is 0 Å². The molecule has 204 valence electrons. The second-order valence-electron chi connectivity index (χ2n) is 11.3. The van der Waals surface area contributed by atoms with E-state index >= 15 is 0 Å². The first-order chi connectivity index (χ1) is 21.8. The summed E-state index contributed by atoms with van der Waals surface area (Å²) in [6, 6.07) is 49.0. The van der Waals surface area contributed by atoms with E-state index < -0.39 is 0 Å². The lowest BCUT2D eigenvalue weighted by Gasteiger charge is -2.12. The number of nitrogens with zero attached hydrogens (tertiary/aromatic N) is 5. The molecule has 10 aromatic rings. The molecule has 0 aliphatic carbocycles. The summed E-state index contributed by atoms with van der Waals surface area (Å²) < 4.78 is 4.49. The van der Waals surface area contributed by atoms with Gasteiger partial charge >= 0.3 is 0 Å². The van der Waals surface area contributed by atoms with Gasteiger partial charge in [-0.2, -0.15) is 0 Å². The summed E-state index contributed by atoms with van der Waals surface area (Å²) in [6.07, 6.45) is 0. The molecule has 0 fully saturated rings. The van der Waals surface area contributed by atoms with Gasteiger partial charge in [-0.15, -0.1) is 0 Å². The molecular formula is C39H23N5. The first-order valence-corrected chi connectivity index (χ1v) is 14.8. The zero-order valence-corrected chi connectivity index (χ0v) is 23.5. The second-order valence-corrected chi connectivity index (χ2v) is 11.3. The van der Waals surface area contributed by atoms with Crippen molar-refractivity contribution < 1.29 is 0 Å². The Morgan fingerprint density at radius 1 is 0.341 bits per heavy atom. The van der Waals surface area contributed by atoms with Crippen LogP contribution in [-0.2, 0) is 0 Å². The van der Waals surface area contributed by atoms with Crippen LogP contribution in [0, 0.1) is 0 Å². The van der Waals surface area contributed by atoms with Gasteiger partial charge in [-0.1, -0.05) is 91.0 Å². The van der Waals surface area contributed by atoms with E-state index in [2.05, 4.69) is 130 Å². The van der Waals surface area contributed by atoms with Crippen LogP contribution in [0.3, 0.4) is 0 Å². The van der Waals surface area contributed by atoms with E-state index in [1.54, 1.807) is 0 Å². The van der Waals surface area contributed by atoms with Gasteiger partial charge in [-0.3, -0.25) is 8.80 Å². The van der Waals surface area contributed by atoms with Crippen molar-refractivity contribution >= 4 is 65.9 Å². The van der Waals surface area contributed by atoms with Gasteiger partial charge in [0.1, 0.15) is 17.1 Å². The van der Waals surface area contributed by atoms with Crippen LogP contribution in [0.15, 0.2) is 140 Å². The Hall–Kier alpha value is -6.07. The largest absolute Gasteiger partial charge is 0.292 e. The fourth-order valence-corrected chi connectivity index (χ4v) is 6.84. The van der Waals surface area contributed by atoms with Crippen molar-refractivity contribution in [3.63, 3.8) is 0 Å². The lowest BCUT2D eigenvalue weighted by molar-refractivity contribution is 1.16. The monoisotopic (exact) mass is 561 g/mol. The zero-order valence-electron chi connectivity index (χ0n) is 23.5. The van der Waals surface area contributed by atoms with Gasteiger partial charge in [0, 0.05) is 21.7 Å². The lowest BCUT2D eigenvalue weighted by atomic mass is 9.99. The minimum Gasteiger partial charge on any atom is -0.292 e. The summed E-state index contributed by atoms with van der Waals surface area (Å²) >= 11 is 0. The molecule has 0 saturated heterocycles. The molecule has 4 aromatic heterocycles. The Morgan fingerprint density at radius 3 is 1.64 bits per heavy atom. The molecule has 0 atom stereocenters. The fraction of sp³-hybridized carbons (Fsp3) is 0. The van der Waals surface area contributed by atoms with Crippen molar-refractivity contribution in [2.45, 2.75) is 0 Å². The number of benzene rings is 6. The third kappa shape index (κ3) is 3.21. The summed E-state index contributed by atoms with van der Waals surface area (Å²) in [6.45, 7) is 0. The highest BCUT2D eigenvalue weighted by Gasteiger charge is 2.16. The summed E-state index contributed by atoms with van der Waals surface area (Å²) in [5, 5.41) is 4.62. The Bertz CT molecular complexity index is 2770. The third-order valence-corrected chi connectivity index (χ3v) is 8.88. The minimum absolute atomic E-state index is 0.887. The molecular weight excluding hydrogens is 538 g/mol. The number of aromatic nitrogens is 5. The molecule has 5 heteroatoms. The van der Waals surface area contributed by atoms with Gasteiger partial charge in [0.2, 0.25) is 0 Å². The van der Waals surface area contributed by atoms with E-state index in [0.29, 0.717) is 0 Å². The Morgan fingerprint density at radius 2 is 0.886 bits per heavy atom. The van der Waals surface area contributed by atoms with Crippen LogP contribution in [0.4, 0.5) is 0 Å². The van der Waals surface area contributed by atoms with Gasteiger partial charge in [-0.25, -0.2) is 15.0 Å². The molecule has 0 bridgehead atoms. The van der Waals surface area contributed by atoms with Crippen LogP contribution in [0.25, 0.3) is 88.5 Å². The third-order valence-electron chi connectivity index (χ3n) is 8.88. The molecule has 4 heterocycles. The van der Waals surface area contributed by atoms with Gasteiger partial charge in [0.15, 0.2) is 0 Å². The highest BCUT2D eigenvalue weighted by atomic mass is 15.1. The molecule has 10 rings (SSSR count). The zero-order chi connectivity index (χ0) is 28.8. The van der Waals surface area contributed by atoms with E-state index in [1.165, 1.54) is 16.3 Å². The van der Waals surface area contributed by atoms with Gasteiger partial charge in [-0.05, 0) is 65.0 Å². The predicted molar refractivity (Wildman–Crippen MR) is 180 cm³/mol. The number of para-hydroxylation sites is 5. The summed E-state index contributed by atoms with van der Waals surface area (Å²) in [7, 11) is 0. The van der Waals surface area contributed by atoms with Crippen LogP contribution in [0.1, 0.15) is 0 Å². The molecule has 0 saturated carbocycles. The van der Waals surface area contributed by atoms with Gasteiger partial charge in [0.05, 0.1) is 33.1 Å². The molecule has 0 aliphatic rings. The van der Waals surface area contributed by atoms with Crippen molar-refractivity contribution in [3.05, 3.63) is 140 Å². The number of imidazole rings is 2. The van der Waals surface area contributed by atoms with Crippen molar-refractivity contribution in [1.82, 2.24) is 23.8 Å². The first kappa shape index (κ1) is 23.5. The van der Waals surface area contributed by atoms with Gasteiger partial charge in [0.25, 0.3) is 0 Å². The molecule has 0 aliphatic heterocycles. The maximum Gasteiger partial charge on any atom is 0.149 e. The van der Waals surface area contributed by atoms with Crippen molar-refractivity contribution in [3.8, 4) is 22.5 Å². The smallest absolute Gasteiger partial charge is 0.149 e. The number of hydrogen-bond acceptors (Lipinski definition) is 3. The molecule has 0 spiro atoms. The van der Waals surface area contributed by atoms with Crippen LogP contribution in [0.2, 0.25) is 0 Å². The highest BCUT2D eigenvalue weighted by molar-refractivity contribution is 6.14. The quantitative estimate of drug-likeness (QED) is 0.198. The standard InChI is InChI=1S/C39H23N5/c1-2-10-28-27(9-1)30-23-26(21-22-34(30)43-35-15-7-5-13-32(35)41-38(28)43)24-17-19-25(20-18-24)37-40-31-12-4-3-11-29(31)39-42-33-14-6-8-16-36(33)44(37)39/h1-23H. The van der Waals surface area contributed by atoms with Crippen LogP contribution in [0.5, 0.6) is 0 Å². The van der Waals surface area contributed by atoms with Crippen LogP contribution >= 0.6 is 0 Å². The minimum atomic E-state index is 0.887. The Balaban J connectivity index is 1.17. The Kier molecular flexibility index (Phi) is 4.66. The first-order valence-electron chi connectivity index (χ1n) is 14.8. The average Bonchev–Trinajstić information content (AvgIpc) is 3.68. The molecule has 0 N–H and O–H groups in total. The SMILES string of the molecule is c1ccc2c(c1)nc(-c1ccc(-c3ccc4c(c3)c3ccccc3c3nc5ccccc5n43)cc1)n1c3ccccc3nc21. The van der Waals surface area contributed by atoms with Crippen molar-refractivity contribution in [2.75, 3.05) is 0 Å². The molecule has 0 amide bonds. The van der Waals surface area contributed by atoms with E-state index in [9.17, 15) is 0 Å². The second kappa shape index (κ2) is 8.72. The lowest BCUT2D eigenvalue weighted by Crippen LogP contribution is -1.98. The molecule has 44 heavy (non-hydrogen) atoms. The number of pyridine rings is 1. The van der Waals surface area contributed by atoms with Crippen LogP contribution < -0.4 is 0 Å². The highest BCUT2D eigenvalue weighted by Crippen LogP contribution is 2.36. The van der Waals surface area contributed by atoms with Crippen molar-refractivity contribution in [1.29, 1.82) is 0 Å². The topological polar surface area (TPSA) is 47.5 Å². The molecule has 0 radical (unpaired) electrons. The number of hydrogen-bond donors (Lipinski definition) is 0. The summed E-state index contributed by atoms with van der Waals surface area (Å²) in [4.78, 5) is 15.2. The average molecular weight is 562 g/mol. The Labute approximate surface area is 251 Å². The number of rotatable bonds is 2. The number of fused-ring (bicyclic) bond motifs is 13. The molecule has 5 nitrogen and oxygen atoms in total. The summed E-state index contributed by atoms with van der Waals surface area (Å²) in [5.74, 6) is 0.887. The summed E-state index contributed by atoms with van der Waals surface area (Å²) in [5.41, 5.74) is 11.5. The van der Waals surface area contributed by atoms with E-state index in [0.717, 1.165) is 72.1 Å². The predicted octanol–water partition coefficient (Wildman–Crippen LogP) is 9.48. The fourth-order valence-electron chi connectivity index (χ4n) is 6.84. The molecule has 6 aromatic carbocycles. The maximum absolute atomic E-state index is 5.14.